The number of carbonyl (C=O) groups excluding carboxylic acids is 1. The molecule has 18 heavy (non-hydrogen) atoms. The van der Waals surface area contributed by atoms with Crippen LogP contribution in [-0.4, -0.2) is 62.5 Å². The first-order valence-electron chi connectivity index (χ1n) is 7.12. The molecular formula is C14H29N3O. The van der Waals surface area contributed by atoms with E-state index in [9.17, 15) is 4.79 Å². The molecule has 4 nitrogen and oxygen atoms in total. The van der Waals surface area contributed by atoms with Crippen LogP contribution in [0.1, 0.15) is 38.5 Å². The highest BCUT2D eigenvalue weighted by Crippen LogP contribution is 2.22. The summed E-state index contributed by atoms with van der Waals surface area (Å²) in [7, 11) is 7.90. The van der Waals surface area contributed by atoms with Gasteiger partial charge in [-0.3, -0.25) is 4.79 Å². The van der Waals surface area contributed by atoms with E-state index in [-0.39, 0.29) is 5.91 Å². The molecule has 0 aromatic rings. The van der Waals surface area contributed by atoms with Crippen molar-refractivity contribution < 1.29 is 4.79 Å². The Morgan fingerprint density at radius 3 is 2.28 bits per heavy atom. The van der Waals surface area contributed by atoms with Gasteiger partial charge in [0, 0.05) is 32.6 Å². The van der Waals surface area contributed by atoms with Crippen LogP contribution in [-0.2, 0) is 4.79 Å². The van der Waals surface area contributed by atoms with Gasteiger partial charge in [-0.2, -0.15) is 0 Å². The summed E-state index contributed by atoms with van der Waals surface area (Å²) in [6.07, 6.45) is 6.76. The Kier molecular flexibility index (Phi) is 6.65. The summed E-state index contributed by atoms with van der Waals surface area (Å²) in [5, 5.41) is 3.37. The first kappa shape index (κ1) is 15.4. The van der Waals surface area contributed by atoms with Crippen LogP contribution in [0.4, 0.5) is 0 Å². The highest BCUT2D eigenvalue weighted by molar-refractivity contribution is 5.75. The zero-order chi connectivity index (χ0) is 13.5. The van der Waals surface area contributed by atoms with Crippen LogP contribution in [0.15, 0.2) is 0 Å². The maximum atomic E-state index is 11.5. The van der Waals surface area contributed by atoms with E-state index in [4.69, 9.17) is 0 Å². The van der Waals surface area contributed by atoms with Gasteiger partial charge in [0.2, 0.25) is 5.91 Å². The standard InChI is InChI=1S/C14H29N3O/c1-15-12-7-9-13(10-8-12)17(4)11-5-6-14(18)16(2)3/h12-13,15H,5-11H2,1-4H3. The van der Waals surface area contributed by atoms with E-state index in [1.807, 2.05) is 14.1 Å². The first-order valence-corrected chi connectivity index (χ1v) is 7.12. The minimum absolute atomic E-state index is 0.238. The van der Waals surface area contributed by atoms with Crippen molar-refractivity contribution in [1.29, 1.82) is 0 Å². The van der Waals surface area contributed by atoms with E-state index < -0.39 is 0 Å². The van der Waals surface area contributed by atoms with Crippen LogP contribution < -0.4 is 5.32 Å². The summed E-state index contributed by atoms with van der Waals surface area (Å²) >= 11 is 0. The van der Waals surface area contributed by atoms with Gasteiger partial charge in [0.15, 0.2) is 0 Å². The molecule has 0 aliphatic heterocycles. The van der Waals surface area contributed by atoms with Gasteiger partial charge >= 0.3 is 0 Å². The summed E-state index contributed by atoms with van der Waals surface area (Å²) in [5.41, 5.74) is 0. The number of nitrogens with zero attached hydrogens (tertiary/aromatic N) is 2. The molecule has 1 amide bonds. The summed E-state index contributed by atoms with van der Waals surface area (Å²) < 4.78 is 0. The van der Waals surface area contributed by atoms with Crippen molar-refractivity contribution in [3.63, 3.8) is 0 Å². The van der Waals surface area contributed by atoms with Crippen molar-refractivity contribution in [2.24, 2.45) is 0 Å². The van der Waals surface area contributed by atoms with Crippen LogP contribution in [0, 0.1) is 0 Å². The minimum Gasteiger partial charge on any atom is -0.349 e. The second kappa shape index (κ2) is 7.74. The molecule has 1 saturated carbocycles. The Balaban J connectivity index is 2.17. The predicted molar refractivity (Wildman–Crippen MR) is 75.7 cm³/mol. The fraction of sp³-hybridized carbons (Fsp3) is 0.929. The third-order valence-corrected chi connectivity index (χ3v) is 4.13. The quantitative estimate of drug-likeness (QED) is 0.777. The van der Waals surface area contributed by atoms with Gasteiger partial charge in [-0.1, -0.05) is 0 Å². The zero-order valence-corrected chi connectivity index (χ0v) is 12.4. The number of amides is 1. The molecule has 0 heterocycles. The predicted octanol–water partition coefficient (Wildman–Crippen LogP) is 1.32. The minimum atomic E-state index is 0.238. The summed E-state index contributed by atoms with van der Waals surface area (Å²) in [6.45, 7) is 1.04. The van der Waals surface area contributed by atoms with E-state index >= 15 is 0 Å². The lowest BCUT2D eigenvalue weighted by Crippen LogP contribution is -2.40. The molecule has 0 radical (unpaired) electrons. The molecule has 106 valence electrons. The largest absolute Gasteiger partial charge is 0.349 e. The second-order valence-corrected chi connectivity index (χ2v) is 5.67. The van der Waals surface area contributed by atoms with Gasteiger partial charge in [0.25, 0.3) is 0 Å². The third kappa shape index (κ3) is 4.94. The highest BCUT2D eigenvalue weighted by atomic mass is 16.2. The molecule has 0 spiro atoms. The van der Waals surface area contributed by atoms with Gasteiger partial charge in [-0.05, 0) is 52.7 Å². The highest BCUT2D eigenvalue weighted by Gasteiger charge is 2.22. The van der Waals surface area contributed by atoms with Crippen LogP contribution in [0.3, 0.4) is 0 Å². The molecule has 0 bridgehead atoms. The molecule has 1 rings (SSSR count). The van der Waals surface area contributed by atoms with Gasteiger partial charge < -0.3 is 15.1 Å². The molecule has 0 saturated heterocycles. The van der Waals surface area contributed by atoms with Crippen LogP contribution in [0.5, 0.6) is 0 Å². The lowest BCUT2D eigenvalue weighted by Gasteiger charge is -2.34. The number of carbonyl (C=O) groups is 1. The Hall–Kier alpha value is -0.610. The average molecular weight is 255 g/mol. The van der Waals surface area contributed by atoms with Crippen LogP contribution in [0.25, 0.3) is 0 Å². The zero-order valence-electron chi connectivity index (χ0n) is 12.4. The van der Waals surface area contributed by atoms with Crippen molar-refractivity contribution in [2.75, 3.05) is 34.7 Å². The molecule has 1 aliphatic carbocycles. The van der Waals surface area contributed by atoms with Crippen molar-refractivity contribution in [3.05, 3.63) is 0 Å². The average Bonchev–Trinajstić information content (AvgIpc) is 2.38. The van der Waals surface area contributed by atoms with E-state index in [0.29, 0.717) is 18.5 Å². The fourth-order valence-electron chi connectivity index (χ4n) is 2.69. The lowest BCUT2D eigenvalue weighted by atomic mass is 9.90. The molecule has 1 N–H and O–H groups in total. The topological polar surface area (TPSA) is 35.6 Å². The molecule has 0 unspecified atom stereocenters. The summed E-state index contributed by atoms with van der Waals surface area (Å²) in [4.78, 5) is 15.6. The Morgan fingerprint density at radius 1 is 1.17 bits per heavy atom. The van der Waals surface area contributed by atoms with Gasteiger partial charge in [0.05, 0.1) is 0 Å². The summed E-state index contributed by atoms with van der Waals surface area (Å²) in [5.74, 6) is 0.238. The van der Waals surface area contributed by atoms with E-state index in [1.54, 1.807) is 4.90 Å². The van der Waals surface area contributed by atoms with Gasteiger partial charge in [-0.15, -0.1) is 0 Å². The molecule has 1 fully saturated rings. The number of rotatable bonds is 6. The van der Waals surface area contributed by atoms with E-state index in [0.717, 1.165) is 13.0 Å². The molecule has 0 aromatic heterocycles. The number of nitrogens with one attached hydrogen (secondary N) is 1. The van der Waals surface area contributed by atoms with E-state index in [1.165, 1.54) is 25.7 Å². The maximum absolute atomic E-state index is 11.5. The molecule has 1 aliphatic rings. The van der Waals surface area contributed by atoms with Crippen molar-refractivity contribution in [3.8, 4) is 0 Å². The molecular weight excluding hydrogens is 226 g/mol. The normalized spacial score (nSPS) is 24.3. The monoisotopic (exact) mass is 255 g/mol. The van der Waals surface area contributed by atoms with Crippen molar-refractivity contribution in [1.82, 2.24) is 15.1 Å². The smallest absolute Gasteiger partial charge is 0.222 e. The van der Waals surface area contributed by atoms with Crippen molar-refractivity contribution >= 4 is 5.91 Å². The van der Waals surface area contributed by atoms with Crippen LogP contribution >= 0.6 is 0 Å². The molecule has 4 heteroatoms. The number of hydrogen-bond acceptors (Lipinski definition) is 3. The summed E-state index contributed by atoms with van der Waals surface area (Å²) in [6, 6.07) is 1.43. The van der Waals surface area contributed by atoms with Crippen molar-refractivity contribution in [2.45, 2.75) is 50.6 Å². The fourth-order valence-corrected chi connectivity index (χ4v) is 2.69. The number of hydrogen-bond donors (Lipinski definition) is 1. The maximum Gasteiger partial charge on any atom is 0.222 e. The third-order valence-electron chi connectivity index (χ3n) is 4.13. The van der Waals surface area contributed by atoms with Gasteiger partial charge in [0.1, 0.15) is 0 Å². The molecule has 0 aromatic carbocycles. The van der Waals surface area contributed by atoms with Crippen LogP contribution in [0.2, 0.25) is 0 Å². The Morgan fingerprint density at radius 2 is 1.78 bits per heavy atom. The lowest BCUT2D eigenvalue weighted by molar-refractivity contribution is -0.128. The first-order chi connectivity index (χ1) is 8.54. The van der Waals surface area contributed by atoms with Gasteiger partial charge in [-0.25, -0.2) is 0 Å². The second-order valence-electron chi connectivity index (χ2n) is 5.67. The SMILES string of the molecule is CNC1CCC(N(C)CCCC(=O)N(C)C)CC1. The Labute approximate surface area is 112 Å². The van der Waals surface area contributed by atoms with E-state index in [2.05, 4.69) is 24.3 Å². The Bertz CT molecular complexity index is 247. The molecule has 0 atom stereocenters.